The third-order valence-electron chi connectivity index (χ3n) is 2.45. The van der Waals surface area contributed by atoms with E-state index in [9.17, 15) is 0 Å². The lowest BCUT2D eigenvalue weighted by Gasteiger charge is -2.12. The Morgan fingerprint density at radius 2 is 2.57 bits per heavy atom. The molecule has 1 unspecified atom stereocenters. The molecule has 1 aliphatic heterocycles. The Labute approximate surface area is 84.8 Å². The Morgan fingerprint density at radius 3 is 3.29 bits per heavy atom. The van der Waals surface area contributed by atoms with Crippen LogP contribution in [0.4, 0.5) is 0 Å². The predicted octanol–water partition coefficient (Wildman–Crippen LogP) is 2.35. The summed E-state index contributed by atoms with van der Waals surface area (Å²) in [6.45, 7) is 3.56. The van der Waals surface area contributed by atoms with Gasteiger partial charge in [0.2, 0.25) is 0 Å². The van der Waals surface area contributed by atoms with E-state index in [0.717, 1.165) is 30.8 Å². The quantitative estimate of drug-likeness (QED) is 0.730. The van der Waals surface area contributed by atoms with Crippen LogP contribution < -0.4 is 4.74 Å². The maximum Gasteiger partial charge on any atom is 0.130 e. The van der Waals surface area contributed by atoms with E-state index in [1.165, 1.54) is 0 Å². The van der Waals surface area contributed by atoms with Crippen LogP contribution in [0.25, 0.3) is 0 Å². The van der Waals surface area contributed by atoms with E-state index in [0.29, 0.717) is 6.61 Å². The van der Waals surface area contributed by atoms with Gasteiger partial charge in [-0.2, -0.15) is 0 Å². The summed E-state index contributed by atoms with van der Waals surface area (Å²) in [5.74, 6) is 0.850. The normalized spacial score (nSPS) is 21.1. The molecular formula is C12H15O2. The minimum Gasteiger partial charge on any atom is -0.490 e. The lowest BCUT2D eigenvalue weighted by atomic mass is 10.2. The second-order valence-corrected chi connectivity index (χ2v) is 3.63. The van der Waals surface area contributed by atoms with Gasteiger partial charge >= 0.3 is 0 Å². The third kappa shape index (κ3) is 2.26. The van der Waals surface area contributed by atoms with Crippen LogP contribution in [0, 0.1) is 13.0 Å². The van der Waals surface area contributed by atoms with Gasteiger partial charge in [-0.1, -0.05) is 18.2 Å². The highest BCUT2D eigenvalue weighted by Crippen LogP contribution is 2.18. The highest BCUT2D eigenvalue weighted by molar-refractivity contribution is 5.30. The minimum atomic E-state index is 0.281. The van der Waals surface area contributed by atoms with E-state index >= 15 is 0 Å². The van der Waals surface area contributed by atoms with E-state index in [2.05, 4.69) is 6.07 Å². The molecular weight excluding hydrogens is 176 g/mol. The van der Waals surface area contributed by atoms with Gasteiger partial charge in [0.25, 0.3) is 0 Å². The summed E-state index contributed by atoms with van der Waals surface area (Å²) in [6, 6.07) is 8.95. The van der Waals surface area contributed by atoms with E-state index in [1.54, 1.807) is 0 Å². The first-order chi connectivity index (χ1) is 6.86. The predicted molar refractivity (Wildman–Crippen MR) is 54.5 cm³/mol. The molecule has 0 aliphatic carbocycles. The van der Waals surface area contributed by atoms with Gasteiger partial charge in [-0.3, -0.25) is 0 Å². The fourth-order valence-electron chi connectivity index (χ4n) is 1.61. The zero-order valence-corrected chi connectivity index (χ0v) is 8.45. The zero-order chi connectivity index (χ0) is 9.80. The molecule has 1 heterocycles. The Bertz CT molecular complexity index is 290. The lowest BCUT2D eigenvalue weighted by Crippen LogP contribution is -2.16. The van der Waals surface area contributed by atoms with Crippen molar-refractivity contribution in [2.75, 3.05) is 13.2 Å². The van der Waals surface area contributed by atoms with Crippen molar-refractivity contribution in [3.8, 4) is 5.75 Å². The average Bonchev–Trinajstić information content (AvgIpc) is 2.69. The third-order valence-corrected chi connectivity index (χ3v) is 2.45. The van der Waals surface area contributed by atoms with Crippen LogP contribution in [-0.2, 0) is 4.74 Å². The number of rotatable bonds is 3. The van der Waals surface area contributed by atoms with Gasteiger partial charge in [-0.25, -0.2) is 0 Å². The van der Waals surface area contributed by atoms with Crippen LogP contribution in [0.3, 0.4) is 0 Å². The molecule has 2 heteroatoms. The first-order valence-corrected chi connectivity index (χ1v) is 5.08. The van der Waals surface area contributed by atoms with Crippen molar-refractivity contribution in [1.29, 1.82) is 0 Å². The summed E-state index contributed by atoms with van der Waals surface area (Å²) in [5, 5.41) is 0. The molecule has 1 aliphatic rings. The topological polar surface area (TPSA) is 18.5 Å². The van der Waals surface area contributed by atoms with E-state index in [1.807, 2.05) is 25.1 Å². The Kier molecular flexibility index (Phi) is 3.04. The van der Waals surface area contributed by atoms with Crippen LogP contribution >= 0.6 is 0 Å². The van der Waals surface area contributed by atoms with Gasteiger partial charge in [0, 0.05) is 12.7 Å². The molecule has 1 aromatic carbocycles. The van der Waals surface area contributed by atoms with Gasteiger partial charge in [0.15, 0.2) is 0 Å². The molecule has 2 nitrogen and oxygen atoms in total. The second-order valence-electron chi connectivity index (χ2n) is 3.63. The fourth-order valence-corrected chi connectivity index (χ4v) is 1.61. The van der Waals surface area contributed by atoms with Crippen molar-refractivity contribution in [3.63, 3.8) is 0 Å². The fraction of sp³-hybridized carbons (Fsp3) is 0.500. The SMILES string of the molecule is Cc1ccc[c]c1OCC1CCCO1. The number of benzene rings is 1. The van der Waals surface area contributed by atoms with E-state index in [-0.39, 0.29) is 6.10 Å². The molecule has 1 atom stereocenters. The first kappa shape index (κ1) is 9.53. The Balaban J connectivity index is 1.88. The minimum absolute atomic E-state index is 0.281. The maximum atomic E-state index is 5.64. The molecule has 0 saturated carbocycles. The van der Waals surface area contributed by atoms with Gasteiger partial charge in [0.05, 0.1) is 6.10 Å². The highest BCUT2D eigenvalue weighted by atomic mass is 16.5. The lowest BCUT2D eigenvalue weighted by molar-refractivity contribution is 0.0676. The van der Waals surface area contributed by atoms with Crippen molar-refractivity contribution < 1.29 is 9.47 Å². The van der Waals surface area contributed by atoms with Crippen LogP contribution in [-0.4, -0.2) is 19.3 Å². The summed E-state index contributed by atoms with van der Waals surface area (Å²) >= 11 is 0. The Hall–Kier alpha value is -1.02. The van der Waals surface area contributed by atoms with Crippen LogP contribution in [0.2, 0.25) is 0 Å². The summed E-state index contributed by atoms with van der Waals surface area (Å²) in [7, 11) is 0. The van der Waals surface area contributed by atoms with Crippen LogP contribution in [0.5, 0.6) is 5.75 Å². The molecule has 0 spiro atoms. The average molecular weight is 191 g/mol. The number of hydrogen-bond acceptors (Lipinski definition) is 2. The number of ether oxygens (including phenoxy) is 2. The van der Waals surface area contributed by atoms with Crippen molar-refractivity contribution in [1.82, 2.24) is 0 Å². The van der Waals surface area contributed by atoms with Crippen molar-refractivity contribution in [2.24, 2.45) is 0 Å². The molecule has 0 amide bonds. The summed E-state index contributed by atoms with van der Waals surface area (Å²) in [6.07, 6.45) is 2.56. The largest absolute Gasteiger partial charge is 0.490 e. The molecule has 1 saturated heterocycles. The highest BCUT2D eigenvalue weighted by Gasteiger charge is 2.16. The van der Waals surface area contributed by atoms with E-state index in [4.69, 9.17) is 9.47 Å². The smallest absolute Gasteiger partial charge is 0.130 e. The summed E-state index contributed by atoms with van der Waals surface area (Å²) < 4.78 is 11.1. The molecule has 1 fully saturated rings. The van der Waals surface area contributed by atoms with E-state index < -0.39 is 0 Å². The first-order valence-electron chi connectivity index (χ1n) is 5.08. The molecule has 75 valence electrons. The molecule has 0 N–H and O–H groups in total. The van der Waals surface area contributed by atoms with Gasteiger partial charge in [-0.05, 0) is 25.3 Å². The molecule has 0 bridgehead atoms. The van der Waals surface area contributed by atoms with Crippen molar-refractivity contribution in [3.05, 3.63) is 29.8 Å². The summed E-state index contributed by atoms with van der Waals surface area (Å²) in [4.78, 5) is 0. The summed E-state index contributed by atoms with van der Waals surface area (Å²) in [5.41, 5.74) is 1.13. The van der Waals surface area contributed by atoms with Gasteiger partial charge in [0.1, 0.15) is 12.4 Å². The van der Waals surface area contributed by atoms with Gasteiger partial charge < -0.3 is 9.47 Å². The molecule has 14 heavy (non-hydrogen) atoms. The second kappa shape index (κ2) is 4.47. The van der Waals surface area contributed by atoms with Gasteiger partial charge in [-0.15, -0.1) is 0 Å². The van der Waals surface area contributed by atoms with Crippen LogP contribution in [0.1, 0.15) is 18.4 Å². The van der Waals surface area contributed by atoms with Crippen molar-refractivity contribution in [2.45, 2.75) is 25.9 Å². The van der Waals surface area contributed by atoms with Crippen LogP contribution in [0.15, 0.2) is 18.2 Å². The number of hydrogen-bond donors (Lipinski definition) is 0. The number of aryl methyl sites for hydroxylation is 1. The maximum absolute atomic E-state index is 5.64. The van der Waals surface area contributed by atoms with Crippen molar-refractivity contribution >= 4 is 0 Å². The number of para-hydroxylation sites is 1. The molecule has 2 rings (SSSR count). The standard InChI is InChI=1S/C12H15O2/c1-10-5-2-3-7-12(10)14-9-11-6-4-8-13-11/h2-3,5,11H,4,6,8-9H2,1H3. The zero-order valence-electron chi connectivity index (χ0n) is 8.45. The Morgan fingerprint density at radius 1 is 1.64 bits per heavy atom. The monoisotopic (exact) mass is 191 g/mol. The molecule has 1 radical (unpaired) electrons. The molecule has 0 aromatic heterocycles. The molecule has 1 aromatic rings.